The van der Waals surface area contributed by atoms with Gasteiger partial charge in [-0.2, -0.15) is 18.3 Å². The van der Waals surface area contributed by atoms with E-state index in [0.717, 1.165) is 6.07 Å². The molecule has 1 aliphatic heterocycles. The summed E-state index contributed by atoms with van der Waals surface area (Å²) < 4.78 is 53.7. The first-order valence-electron chi connectivity index (χ1n) is 9.57. The van der Waals surface area contributed by atoms with Crippen molar-refractivity contribution in [2.24, 2.45) is 5.92 Å². The van der Waals surface area contributed by atoms with Crippen molar-refractivity contribution in [3.63, 3.8) is 0 Å². The number of rotatable bonds is 4. The van der Waals surface area contributed by atoms with E-state index in [1.165, 1.54) is 0 Å². The molecule has 31 heavy (non-hydrogen) atoms. The summed E-state index contributed by atoms with van der Waals surface area (Å²) in [5, 5.41) is 14.9. The van der Waals surface area contributed by atoms with Gasteiger partial charge in [-0.1, -0.05) is 0 Å². The van der Waals surface area contributed by atoms with Gasteiger partial charge in [0, 0.05) is 31.2 Å². The van der Waals surface area contributed by atoms with Crippen molar-refractivity contribution in [1.82, 2.24) is 20.0 Å². The number of hydrogen-bond acceptors (Lipinski definition) is 5. The second-order valence-electron chi connectivity index (χ2n) is 7.17. The smallest absolute Gasteiger partial charge is 0.354 e. The van der Waals surface area contributed by atoms with Crippen LogP contribution in [-0.4, -0.2) is 39.0 Å². The van der Waals surface area contributed by atoms with Gasteiger partial charge in [-0.05, 0) is 49.2 Å². The standard InChI is InChI=1S/C20H18F4N6O/c21-16-5-4-14(11-15(16)20(22,23)24)26-19(31)13-3-1-9-29(12-13)17-6-7-18(28-27-17)30-10-2-8-25-30/h2,4-8,10-11,13H,1,3,9,12H2,(H,26,31). The molecule has 1 amide bonds. The van der Waals surface area contributed by atoms with E-state index in [9.17, 15) is 22.4 Å². The van der Waals surface area contributed by atoms with Gasteiger partial charge in [0.05, 0.1) is 11.5 Å². The minimum Gasteiger partial charge on any atom is -0.354 e. The molecule has 0 spiro atoms. The first kappa shape index (κ1) is 20.8. The number of hydrogen-bond donors (Lipinski definition) is 1. The molecule has 7 nitrogen and oxygen atoms in total. The molecule has 0 radical (unpaired) electrons. The summed E-state index contributed by atoms with van der Waals surface area (Å²) in [4.78, 5) is 14.5. The Labute approximate surface area is 174 Å². The third kappa shape index (κ3) is 4.65. The molecule has 1 fully saturated rings. The molecule has 1 aromatic carbocycles. The van der Waals surface area contributed by atoms with Crippen molar-refractivity contribution in [3.05, 3.63) is 60.2 Å². The van der Waals surface area contributed by atoms with Crippen molar-refractivity contribution in [1.29, 1.82) is 0 Å². The van der Waals surface area contributed by atoms with Crippen molar-refractivity contribution in [2.45, 2.75) is 19.0 Å². The fourth-order valence-corrected chi connectivity index (χ4v) is 3.48. The number of amides is 1. The Morgan fingerprint density at radius 1 is 1.13 bits per heavy atom. The SMILES string of the molecule is O=C(Nc1ccc(F)c(C(F)(F)F)c1)C1CCCN(c2ccc(-n3cccn3)nn2)C1. The molecule has 0 bridgehead atoms. The van der Waals surface area contributed by atoms with Gasteiger partial charge in [-0.15, -0.1) is 10.2 Å². The van der Waals surface area contributed by atoms with E-state index in [2.05, 4.69) is 20.6 Å². The van der Waals surface area contributed by atoms with E-state index in [-0.39, 0.29) is 5.69 Å². The minimum absolute atomic E-state index is 0.0979. The van der Waals surface area contributed by atoms with Crippen LogP contribution in [0.4, 0.5) is 29.1 Å². The monoisotopic (exact) mass is 434 g/mol. The number of alkyl halides is 3. The molecule has 2 aromatic heterocycles. The highest BCUT2D eigenvalue weighted by atomic mass is 19.4. The zero-order valence-corrected chi connectivity index (χ0v) is 16.2. The van der Waals surface area contributed by atoms with Crippen LogP contribution in [0.1, 0.15) is 18.4 Å². The van der Waals surface area contributed by atoms with Crippen LogP contribution in [-0.2, 0) is 11.0 Å². The average molecular weight is 434 g/mol. The number of carbonyl (C=O) groups is 1. The average Bonchev–Trinajstić information content (AvgIpc) is 3.29. The Morgan fingerprint density at radius 2 is 1.90 bits per heavy atom. The fraction of sp³-hybridized carbons (Fsp3) is 0.300. The Kier molecular flexibility index (Phi) is 5.57. The van der Waals surface area contributed by atoms with Gasteiger partial charge in [0.15, 0.2) is 11.6 Å². The zero-order chi connectivity index (χ0) is 22.0. The lowest BCUT2D eigenvalue weighted by Crippen LogP contribution is -2.41. The van der Waals surface area contributed by atoms with Crippen molar-refractivity contribution in [2.75, 3.05) is 23.3 Å². The highest BCUT2D eigenvalue weighted by Crippen LogP contribution is 2.33. The molecule has 11 heteroatoms. The van der Waals surface area contributed by atoms with Crippen LogP contribution in [0.15, 0.2) is 48.8 Å². The van der Waals surface area contributed by atoms with Gasteiger partial charge in [-0.3, -0.25) is 4.79 Å². The quantitative estimate of drug-likeness (QED) is 0.634. The number of anilines is 2. The summed E-state index contributed by atoms with van der Waals surface area (Å²) >= 11 is 0. The molecule has 0 saturated carbocycles. The summed E-state index contributed by atoms with van der Waals surface area (Å²) in [6.07, 6.45) is -0.188. The van der Waals surface area contributed by atoms with Gasteiger partial charge >= 0.3 is 6.18 Å². The zero-order valence-electron chi connectivity index (χ0n) is 16.2. The molecule has 4 rings (SSSR count). The van der Waals surface area contributed by atoms with Crippen LogP contribution in [0, 0.1) is 11.7 Å². The van der Waals surface area contributed by atoms with Crippen molar-refractivity contribution >= 4 is 17.4 Å². The van der Waals surface area contributed by atoms with Gasteiger partial charge in [0.1, 0.15) is 5.82 Å². The molecular formula is C20H18F4N6O. The molecule has 3 aromatic rings. The van der Waals surface area contributed by atoms with E-state index in [0.29, 0.717) is 49.7 Å². The molecule has 1 N–H and O–H groups in total. The largest absolute Gasteiger partial charge is 0.419 e. The van der Waals surface area contributed by atoms with E-state index in [1.807, 2.05) is 4.90 Å². The maximum Gasteiger partial charge on any atom is 0.419 e. The summed E-state index contributed by atoms with van der Waals surface area (Å²) in [6, 6.07) is 7.72. The van der Waals surface area contributed by atoms with Gasteiger partial charge in [-0.25, -0.2) is 9.07 Å². The van der Waals surface area contributed by atoms with E-state index < -0.39 is 29.4 Å². The van der Waals surface area contributed by atoms with Crippen molar-refractivity contribution < 1.29 is 22.4 Å². The first-order chi connectivity index (χ1) is 14.8. The summed E-state index contributed by atoms with van der Waals surface area (Å²) in [5.41, 5.74) is -1.51. The van der Waals surface area contributed by atoms with Crippen LogP contribution in [0.3, 0.4) is 0 Å². The number of carbonyl (C=O) groups excluding carboxylic acids is 1. The summed E-state index contributed by atoms with van der Waals surface area (Å²) in [7, 11) is 0. The van der Waals surface area contributed by atoms with Crippen LogP contribution in [0.2, 0.25) is 0 Å². The topological polar surface area (TPSA) is 75.9 Å². The normalized spacial score (nSPS) is 16.9. The maximum absolute atomic E-state index is 13.5. The molecule has 1 aliphatic rings. The highest BCUT2D eigenvalue weighted by molar-refractivity contribution is 5.93. The first-order valence-corrected chi connectivity index (χ1v) is 9.57. The minimum atomic E-state index is -4.84. The van der Waals surface area contributed by atoms with Crippen molar-refractivity contribution in [3.8, 4) is 5.82 Å². The lowest BCUT2D eigenvalue weighted by Gasteiger charge is -2.32. The third-order valence-corrected chi connectivity index (χ3v) is 5.03. The van der Waals surface area contributed by atoms with Crippen LogP contribution in [0.5, 0.6) is 0 Å². The second kappa shape index (κ2) is 8.32. The van der Waals surface area contributed by atoms with E-state index >= 15 is 0 Å². The fourth-order valence-electron chi connectivity index (χ4n) is 3.48. The molecule has 1 saturated heterocycles. The lowest BCUT2D eigenvalue weighted by atomic mass is 9.97. The molecule has 1 atom stereocenters. The maximum atomic E-state index is 13.5. The summed E-state index contributed by atoms with van der Waals surface area (Å²) in [6.45, 7) is 1.02. The molecule has 0 aliphatic carbocycles. The van der Waals surface area contributed by atoms with Crippen LogP contribution in [0.25, 0.3) is 5.82 Å². The van der Waals surface area contributed by atoms with Gasteiger partial charge < -0.3 is 10.2 Å². The molecule has 1 unspecified atom stereocenters. The number of aromatic nitrogens is 4. The van der Waals surface area contributed by atoms with E-state index in [4.69, 9.17) is 0 Å². The Hall–Kier alpha value is -3.50. The highest BCUT2D eigenvalue weighted by Gasteiger charge is 2.34. The molecule has 3 heterocycles. The van der Waals surface area contributed by atoms with E-state index in [1.54, 1.807) is 35.3 Å². The number of nitrogens with one attached hydrogen (secondary N) is 1. The second-order valence-corrected chi connectivity index (χ2v) is 7.17. The molecular weight excluding hydrogens is 416 g/mol. The predicted octanol–water partition coefficient (Wildman–Crippen LogP) is 3.68. The third-order valence-electron chi connectivity index (χ3n) is 5.03. The number of halogens is 4. The predicted molar refractivity (Wildman–Crippen MR) is 104 cm³/mol. The number of benzene rings is 1. The van der Waals surface area contributed by atoms with Crippen LogP contribution < -0.4 is 10.2 Å². The Bertz CT molecular complexity index is 1050. The molecule has 162 valence electrons. The number of nitrogens with zero attached hydrogens (tertiary/aromatic N) is 5. The summed E-state index contributed by atoms with van der Waals surface area (Å²) in [5.74, 6) is -1.12. The Morgan fingerprint density at radius 3 is 2.58 bits per heavy atom. The van der Waals surface area contributed by atoms with Crippen LogP contribution >= 0.6 is 0 Å². The van der Waals surface area contributed by atoms with Gasteiger partial charge in [0.25, 0.3) is 0 Å². The Balaban J connectivity index is 1.43. The number of piperidine rings is 1. The van der Waals surface area contributed by atoms with Gasteiger partial charge in [0.2, 0.25) is 5.91 Å². The lowest BCUT2D eigenvalue weighted by molar-refractivity contribution is -0.140.